The summed E-state index contributed by atoms with van der Waals surface area (Å²) in [5.74, 6) is 1.63. The van der Waals surface area contributed by atoms with Gasteiger partial charge in [0.2, 0.25) is 5.91 Å². The quantitative estimate of drug-likeness (QED) is 0.881. The molecule has 0 radical (unpaired) electrons. The lowest BCUT2D eigenvalue weighted by atomic mass is 10.1. The van der Waals surface area contributed by atoms with Crippen molar-refractivity contribution in [1.29, 1.82) is 0 Å². The molecule has 2 aliphatic heterocycles. The molecule has 1 aromatic heterocycles. The maximum atomic E-state index is 12.0. The average molecular weight is 274 g/mol. The van der Waals surface area contributed by atoms with E-state index in [1.54, 1.807) is 30.4 Å². The fraction of sp³-hybridized carbons (Fsp3) is 0.308. The summed E-state index contributed by atoms with van der Waals surface area (Å²) in [6.45, 7) is 4.63. The van der Waals surface area contributed by atoms with Gasteiger partial charge in [0.25, 0.3) is 0 Å². The van der Waals surface area contributed by atoms with Gasteiger partial charge in [0.05, 0.1) is 6.20 Å². The van der Waals surface area contributed by atoms with Gasteiger partial charge in [-0.2, -0.15) is 0 Å². The van der Waals surface area contributed by atoms with Crippen molar-refractivity contribution in [2.24, 2.45) is 0 Å². The highest BCUT2D eigenvalue weighted by Crippen LogP contribution is 2.31. The molecule has 0 aliphatic carbocycles. The van der Waals surface area contributed by atoms with Crippen LogP contribution in [0.1, 0.15) is 6.42 Å². The van der Waals surface area contributed by atoms with Crippen LogP contribution in [0.25, 0.3) is 0 Å². The number of carbonyl (C=O) groups is 1. The highest BCUT2D eigenvalue weighted by molar-refractivity contribution is 8.01. The third-order valence-electron chi connectivity index (χ3n) is 3.11. The van der Waals surface area contributed by atoms with Gasteiger partial charge in [0.15, 0.2) is 5.82 Å². The Morgan fingerprint density at radius 3 is 3.11 bits per heavy atom. The molecule has 3 heterocycles. The molecule has 1 saturated heterocycles. The molecular weight excluding hydrogens is 260 g/mol. The van der Waals surface area contributed by atoms with E-state index < -0.39 is 0 Å². The molecule has 19 heavy (non-hydrogen) atoms. The predicted octanol–water partition coefficient (Wildman–Crippen LogP) is 1.32. The Labute approximate surface area is 115 Å². The third-order valence-corrected chi connectivity index (χ3v) is 4.47. The zero-order valence-electron chi connectivity index (χ0n) is 10.4. The van der Waals surface area contributed by atoms with Crippen LogP contribution in [0.4, 0.5) is 5.82 Å². The molecule has 0 saturated carbocycles. The molecule has 0 spiro atoms. The zero-order chi connectivity index (χ0) is 13.2. The van der Waals surface area contributed by atoms with E-state index in [1.165, 1.54) is 0 Å². The highest BCUT2D eigenvalue weighted by Gasteiger charge is 2.31. The maximum Gasteiger partial charge on any atom is 0.241 e. The number of hydrogen-bond acceptors (Lipinski definition) is 5. The molecule has 0 aromatic carbocycles. The minimum Gasteiger partial charge on any atom is -0.331 e. The Hall–Kier alpha value is -1.82. The summed E-state index contributed by atoms with van der Waals surface area (Å²) in [6, 6.07) is 0. The van der Waals surface area contributed by atoms with Gasteiger partial charge in [0.1, 0.15) is 5.25 Å². The van der Waals surface area contributed by atoms with E-state index >= 15 is 0 Å². The summed E-state index contributed by atoms with van der Waals surface area (Å²) < 4.78 is 0. The minimum absolute atomic E-state index is 0.0356. The van der Waals surface area contributed by atoms with E-state index in [9.17, 15) is 4.79 Å². The Bertz CT molecular complexity index is 543. The summed E-state index contributed by atoms with van der Waals surface area (Å²) in [5, 5.41) is 2.71. The summed E-state index contributed by atoms with van der Waals surface area (Å²) in [5.41, 5.74) is 1.93. The second-order valence-electron chi connectivity index (χ2n) is 4.49. The number of rotatable bonds is 2. The summed E-state index contributed by atoms with van der Waals surface area (Å²) in [7, 11) is 0. The molecule has 2 aliphatic rings. The van der Waals surface area contributed by atoms with Gasteiger partial charge < -0.3 is 10.2 Å². The van der Waals surface area contributed by atoms with Gasteiger partial charge in [-0.3, -0.25) is 9.78 Å². The van der Waals surface area contributed by atoms with E-state index in [0.717, 1.165) is 35.8 Å². The van der Waals surface area contributed by atoms with E-state index in [2.05, 4.69) is 21.9 Å². The normalized spacial score (nSPS) is 23.3. The number of amides is 1. The van der Waals surface area contributed by atoms with Crippen LogP contribution in [0.2, 0.25) is 0 Å². The molecule has 1 fully saturated rings. The van der Waals surface area contributed by atoms with Crippen molar-refractivity contribution in [1.82, 2.24) is 15.3 Å². The summed E-state index contributed by atoms with van der Waals surface area (Å²) in [4.78, 5) is 22.3. The largest absolute Gasteiger partial charge is 0.331 e. The Balaban J connectivity index is 1.76. The number of carbonyl (C=O) groups excluding carboxylic acids is 1. The van der Waals surface area contributed by atoms with Crippen molar-refractivity contribution in [2.75, 3.05) is 17.2 Å². The van der Waals surface area contributed by atoms with Crippen molar-refractivity contribution in [3.8, 4) is 0 Å². The first-order valence-corrected chi connectivity index (χ1v) is 7.12. The molecule has 6 heteroatoms. The Kier molecular flexibility index (Phi) is 3.25. The standard InChI is InChI=1S/C13H14N4OS/c1-9-8-19-12(13(18)16-9)10-2-5-17(7-10)11-6-14-3-4-15-11/h3-4,6-7,12H,1-2,5,8H2,(H,16,18). The smallest absolute Gasteiger partial charge is 0.241 e. The van der Waals surface area contributed by atoms with Crippen molar-refractivity contribution >= 4 is 23.5 Å². The second-order valence-corrected chi connectivity index (χ2v) is 5.59. The molecule has 5 nitrogen and oxygen atoms in total. The van der Waals surface area contributed by atoms with Gasteiger partial charge in [0, 0.05) is 36.6 Å². The fourth-order valence-corrected chi connectivity index (χ4v) is 3.25. The first-order chi connectivity index (χ1) is 9.24. The predicted molar refractivity (Wildman–Crippen MR) is 75.6 cm³/mol. The first kappa shape index (κ1) is 12.2. The van der Waals surface area contributed by atoms with Crippen LogP contribution in [0.5, 0.6) is 0 Å². The topological polar surface area (TPSA) is 58.1 Å². The molecule has 1 N–H and O–H groups in total. The van der Waals surface area contributed by atoms with Gasteiger partial charge in [-0.1, -0.05) is 6.58 Å². The molecule has 1 amide bonds. The molecule has 3 rings (SSSR count). The molecule has 1 unspecified atom stereocenters. The van der Waals surface area contributed by atoms with E-state index in [1.807, 2.05) is 11.1 Å². The number of thioether (sulfide) groups is 1. The van der Waals surface area contributed by atoms with Crippen LogP contribution in [0.3, 0.4) is 0 Å². The number of anilines is 1. The Morgan fingerprint density at radius 2 is 2.37 bits per heavy atom. The second kappa shape index (κ2) is 5.05. The number of nitrogens with zero attached hydrogens (tertiary/aromatic N) is 3. The lowest BCUT2D eigenvalue weighted by molar-refractivity contribution is -0.119. The lowest BCUT2D eigenvalue weighted by Crippen LogP contribution is -2.38. The van der Waals surface area contributed by atoms with Gasteiger partial charge >= 0.3 is 0 Å². The van der Waals surface area contributed by atoms with E-state index in [0.29, 0.717) is 0 Å². The van der Waals surface area contributed by atoms with Gasteiger partial charge in [-0.05, 0) is 12.0 Å². The van der Waals surface area contributed by atoms with Crippen molar-refractivity contribution < 1.29 is 4.79 Å². The average Bonchev–Trinajstić information content (AvgIpc) is 2.89. The van der Waals surface area contributed by atoms with Crippen LogP contribution in [0, 0.1) is 0 Å². The van der Waals surface area contributed by atoms with Crippen LogP contribution < -0.4 is 10.2 Å². The van der Waals surface area contributed by atoms with Crippen LogP contribution in [0.15, 0.2) is 42.6 Å². The van der Waals surface area contributed by atoms with Crippen LogP contribution in [-0.4, -0.2) is 33.4 Å². The number of hydrogen-bond donors (Lipinski definition) is 1. The Morgan fingerprint density at radius 1 is 1.47 bits per heavy atom. The maximum absolute atomic E-state index is 12.0. The number of nitrogens with one attached hydrogen (secondary N) is 1. The summed E-state index contributed by atoms with van der Waals surface area (Å²) >= 11 is 1.63. The molecule has 0 bridgehead atoms. The zero-order valence-corrected chi connectivity index (χ0v) is 11.2. The highest BCUT2D eigenvalue weighted by atomic mass is 32.2. The number of aromatic nitrogens is 2. The molecule has 1 aromatic rings. The van der Waals surface area contributed by atoms with E-state index in [-0.39, 0.29) is 11.2 Å². The minimum atomic E-state index is -0.104. The fourth-order valence-electron chi connectivity index (χ4n) is 2.21. The van der Waals surface area contributed by atoms with E-state index in [4.69, 9.17) is 0 Å². The monoisotopic (exact) mass is 274 g/mol. The first-order valence-electron chi connectivity index (χ1n) is 6.07. The molecular formula is C13H14N4OS. The SMILES string of the molecule is C=C1CSC(C2=CN(c3cnccn3)CC2)C(=O)N1. The summed E-state index contributed by atoms with van der Waals surface area (Å²) in [6.07, 6.45) is 7.96. The van der Waals surface area contributed by atoms with Crippen LogP contribution in [-0.2, 0) is 4.79 Å². The van der Waals surface area contributed by atoms with Gasteiger partial charge in [-0.15, -0.1) is 11.8 Å². The molecule has 1 atom stereocenters. The lowest BCUT2D eigenvalue weighted by Gasteiger charge is -2.23. The van der Waals surface area contributed by atoms with Crippen molar-refractivity contribution in [2.45, 2.75) is 11.7 Å². The molecule has 98 valence electrons. The van der Waals surface area contributed by atoms with Crippen molar-refractivity contribution in [3.63, 3.8) is 0 Å². The van der Waals surface area contributed by atoms with Crippen LogP contribution >= 0.6 is 11.8 Å². The van der Waals surface area contributed by atoms with Gasteiger partial charge in [-0.25, -0.2) is 4.98 Å². The third kappa shape index (κ3) is 2.49. The van der Waals surface area contributed by atoms with Crippen molar-refractivity contribution in [3.05, 3.63) is 42.6 Å².